The Labute approximate surface area is 126 Å². The molecule has 0 spiro atoms. The minimum atomic E-state index is -0.144. The molecule has 0 aromatic heterocycles. The summed E-state index contributed by atoms with van der Waals surface area (Å²) >= 11 is 0. The standard InChI is InChI=1S/C20H15P/c1-21-20(15-9-3-2-4-10-15)18-13-7-5-11-16(18)17-12-6-8-14-19(17)20/h2-14H,1H2. The van der Waals surface area contributed by atoms with Crippen LogP contribution in [0, 0.1) is 0 Å². The average Bonchev–Trinajstić information content (AvgIpc) is 2.87. The molecule has 4 rings (SSSR count). The van der Waals surface area contributed by atoms with Crippen molar-refractivity contribution < 1.29 is 0 Å². The van der Waals surface area contributed by atoms with Crippen molar-refractivity contribution >= 4 is 14.5 Å². The fourth-order valence-electron chi connectivity index (χ4n) is 3.46. The van der Waals surface area contributed by atoms with E-state index in [0.29, 0.717) is 0 Å². The largest absolute Gasteiger partial charge is 0.0909 e. The summed E-state index contributed by atoms with van der Waals surface area (Å²) in [7, 11) is 1.11. The minimum absolute atomic E-state index is 0.144. The summed E-state index contributed by atoms with van der Waals surface area (Å²) in [6, 6.07) is 28.2. The summed E-state index contributed by atoms with van der Waals surface area (Å²) < 4.78 is 0. The molecule has 0 atom stereocenters. The second-order valence-corrected chi connectivity index (χ2v) is 6.31. The van der Waals surface area contributed by atoms with Crippen LogP contribution < -0.4 is 0 Å². The molecule has 0 radical (unpaired) electrons. The first kappa shape index (κ1) is 12.6. The predicted octanol–water partition coefficient (Wildman–Crippen LogP) is 5.34. The number of rotatable bonds is 2. The maximum atomic E-state index is 4.29. The van der Waals surface area contributed by atoms with Crippen LogP contribution in [0.25, 0.3) is 11.1 Å². The maximum absolute atomic E-state index is 4.29. The normalized spacial score (nSPS) is 14.7. The highest BCUT2D eigenvalue weighted by Gasteiger charge is 2.42. The van der Waals surface area contributed by atoms with Crippen molar-refractivity contribution in [3.8, 4) is 11.1 Å². The highest BCUT2D eigenvalue weighted by molar-refractivity contribution is 7.39. The second-order valence-electron chi connectivity index (χ2n) is 5.33. The third-order valence-corrected chi connectivity index (χ3v) is 5.57. The van der Waals surface area contributed by atoms with E-state index in [1.54, 1.807) is 0 Å². The van der Waals surface area contributed by atoms with Crippen LogP contribution >= 0.6 is 8.20 Å². The van der Waals surface area contributed by atoms with E-state index in [1.165, 1.54) is 27.8 Å². The lowest BCUT2D eigenvalue weighted by molar-refractivity contribution is 0.928. The van der Waals surface area contributed by atoms with Crippen molar-refractivity contribution in [3.63, 3.8) is 0 Å². The average molecular weight is 286 g/mol. The van der Waals surface area contributed by atoms with Gasteiger partial charge >= 0.3 is 0 Å². The molecular formula is C20H15P. The van der Waals surface area contributed by atoms with Crippen molar-refractivity contribution in [2.24, 2.45) is 0 Å². The van der Waals surface area contributed by atoms with Gasteiger partial charge in [0.15, 0.2) is 0 Å². The lowest BCUT2D eigenvalue weighted by atomic mass is 9.88. The van der Waals surface area contributed by atoms with Gasteiger partial charge in [0.25, 0.3) is 0 Å². The number of hydrogen-bond acceptors (Lipinski definition) is 0. The second kappa shape index (κ2) is 4.69. The Bertz CT molecular complexity index is 773. The van der Waals surface area contributed by atoms with Crippen LogP contribution in [0.15, 0.2) is 78.9 Å². The number of hydrogen-bond donors (Lipinski definition) is 0. The van der Waals surface area contributed by atoms with E-state index in [-0.39, 0.29) is 5.16 Å². The Balaban J connectivity index is 2.15. The maximum Gasteiger partial charge on any atom is 0.0875 e. The van der Waals surface area contributed by atoms with Gasteiger partial charge in [-0.25, -0.2) is 0 Å². The molecule has 0 unspecified atom stereocenters. The summed E-state index contributed by atoms with van der Waals surface area (Å²) in [6.45, 7) is 0. The molecular weight excluding hydrogens is 271 g/mol. The van der Waals surface area contributed by atoms with Crippen molar-refractivity contribution in [1.82, 2.24) is 0 Å². The summed E-state index contributed by atoms with van der Waals surface area (Å²) in [5.41, 5.74) is 6.74. The Morgan fingerprint density at radius 3 is 1.62 bits per heavy atom. The van der Waals surface area contributed by atoms with Crippen LogP contribution in [-0.4, -0.2) is 6.30 Å². The lowest BCUT2D eigenvalue weighted by Crippen LogP contribution is -2.19. The summed E-state index contributed by atoms with van der Waals surface area (Å²) in [5.74, 6) is 0. The van der Waals surface area contributed by atoms with Gasteiger partial charge in [0.2, 0.25) is 0 Å². The topological polar surface area (TPSA) is 0 Å². The lowest BCUT2D eigenvalue weighted by Gasteiger charge is -2.28. The molecule has 0 heterocycles. The Hall–Kier alpha value is -2.17. The van der Waals surface area contributed by atoms with Gasteiger partial charge in [-0.15, -0.1) is 0 Å². The highest BCUT2D eigenvalue weighted by Crippen LogP contribution is 2.57. The molecule has 0 amide bonds. The Kier molecular flexibility index (Phi) is 2.80. The summed E-state index contributed by atoms with van der Waals surface area (Å²) in [5, 5.41) is -0.144. The van der Waals surface area contributed by atoms with Crippen molar-refractivity contribution in [1.29, 1.82) is 0 Å². The molecule has 1 heteroatoms. The van der Waals surface area contributed by atoms with Gasteiger partial charge in [0.1, 0.15) is 0 Å². The van der Waals surface area contributed by atoms with Crippen molar-refractivity contribution in [2.75, 3.05) is 0 Å². The molecule has 1 aliphatic rings. The van der Waals surface area contributed by atoms with Gasteiger partial charge < -0.3 is 0 Å². The molecule has 0 saturated heterocycles. The van der Waals surface area contributed by atoms with Gasteiger partial charge in [0.05, 0.1) is 5.16 Å². The fourth-order valence-corrected chi connectivity index (χ4v) is 4.53. The minimum Gasteiger partial charge on any atom is -0.0909 e. The molecule has 100 valence electrons. The van der Waals surface area contributed by atoms with Crippen LogP contribution in [0.5, 0.6) is 0 Å². The molecule has 0 nitrogen and oxygen atoms in total. The number of fused-ring (bicyclic) bond motifs is 3. The monoisotopic (exact) mass is 286 g/mol. The van der Waals surface area contributed by atoms with Crippen LogP contribution in [-0.2, 0) is 5.16 Å². The van der Waals surface area contributed by atoms with Crippen LogP contribution in [0.1, 0.15) is 16.7 Å². The molecule has 0 N–H and O–H groups in total. The van der Waals surface area contributed by atoms with Gasteiger partial charge in [-0.2, -0.15) is 0 Å². The van der Waals surface area contributed by atoms with E-state index in [0.717, 1.165) is 8.20 Å². The van der Waals surface area contributed by atoms with E-state index in [2.05, 4.69) is 85.2 Å². The summed E-state index contributed by atoms with van der Waals surface area (Å²) in [6.07, 6.45) is 4.29. The third kappa shape index (κ3) is 1.60. The first-order chi connectivity index (χ1) is 10.4. The van der Waals surface area contributed by atoms with Gasteiger partial charge in [-0.05, 0) is 27.8 Å². The molecule has 1 aliphatic carbocycles. The fraction of sp³-hybridized carbons (Fsp3) is 0.0500. The Morgan fingerprint density at radius 1 is 0.619 bits per heavy atom. The molecule has 0 bridgehead atoms. The molecule has 21 heavy (non-hydrogen) atoms. The zero-order valence-electron chi connectivity index (χ0n) is 11.7. The van der Waals surface area contributed by atoms with Gasteiger partial charge in [-0.3, -0.25) is 0 Å². The van der Waals surface area contributed by atoms with E-state index < -0.39 is 0 Å². The Morgan fingerprint density at radius 2 is 1.10 bits per heavy atom. The SMILES string of the molecule is C=PC1(c2ccccc2)c2ccccc2-c2ccccc21. The molecule has 3 aromatic carbocycles. The highest BCUT2D eigenvalue weighted by atomic mass is 31.1. The van der Waals surface area contributed by atoms with Gasteiger partial charge in [-0.1, -0.05) is 93.4 Å². The first-order valence-corrected chi connectivity index (χ1v) is 8.18. The number of benzene rings is 3. The predicted molar refractivity (Wildman–Crippen MR) is 92.2 cm³/mol. The van der Waals surface area contributed by atoms with Crippen LogP contribution in [0.4, 0.5) is 0 Å². The van der Waals surface area contributed by atoms with E-state index in [9.17, 15) is 0 Å². The molecule has 0 saturated carbocycles. The van der Waals surface area contributed by atoms with E-state index >= 15 is 0 Å². The third-order valence-electron chi connectivity index (χ3n) is 4.35. The van der Waals surface area contributed by atoms with Crippen molar-refractivity contribution in [3.05, 3.63) is 95.6 Å². The quantitative estimate of drug-likeness (QED) is 0.558. The zero-order chi connectivity index (χ0) is 14.3. The first-order valence-electron chi connectivity index (χ1n) is 7.11. The van der Waals surface area contributed by atoms with E-state index in [4.69, 9.17) is 0 Å². The molecule has 0 aliphatic heterocycles. The van der Waals surface area contributed by atoms with Crippen LogP contribution in [0.2, 0.25) is 0 Å². The zero-order valence-corrected chi connectivity index (χ0v) is 12.6. The van der Waals surface area contributed by atoms with Gasteiger partial charge in [0, 0.05) is 0 Å². The van der Waals surface area contributed by atoms with E-state index in [1.807, 2.05) is 0 Å². The smallest absolute Gasteiger partial charge is 0.0875 e. The van der Waals surface area contributed by atoms with Crippen molar-refractivity contribution in [2.45, 2.75) is 5.16 Å². The summed E-state index contributed by atoms with van der Waals surface area (Å²) in [4.78, 5) is 0. The van der Waals surface area contributed by atoms with Crippen LogP contribution in [0.3, 0.4) is 0 Å². The molecule has 0 fully saturated rings. The molecule has 3 aromatic rings.